The van der Waals surface area contributed by atoms with Gasteiger partial charge in [-0.1, -0.05) is 48.6 Å². The minimum atomic E-state index is -4.77. The van der Waals surface area contributed by atoms with E-state index in [0.717, 1.165) is 30.0 Å². The molecule has 1 heterocycles. The van der Waals surface area contributed by atoms with Crippen LogP contribution < -0.4 is 4.74 Å². The Morgan fingerprint density at radius 3 is 1.80 bits per heavy atom. The van der Waals surface area contributed by atoms with Crippen LogP contribution in [0.5, 0.6) is 5.75 Å². The quantitative estimate of drug-likeness (QED) is 0.0928. The average molecular weight is 627 g/mol. The second-order valence-corrected chi connectivity index (χ2v) is 9.93. The topological polar surface area (TPSA) is 35.0 Å². The van der Waals surface area contributed by atoms with Crippen molar-refractivity contribution in [2.45, 2.75) is 25.9 Å². The van der Waals surface area contributed by atoms with Crippen LogP contribution in [0.4, 0.5) is 35.1 Å². The molecular formula is C34H22F8N2O. The highest BCUT2D eigenvalue weighted by molar-refractivity contribution is 5.73. The van der Waals surface area contributed by atoms with Gasteiger partial charge >= 0.3 is 6.11 Å². The molecule has 0 amide bonds. The number of rotatable bonds is 9. The summed E-state index contributed by atoms with van der Waals surface area (Å²) in [6.07, 6.45) is 4.48. The number of benzene rings is 4. The number of hydrogen-bond acceptors (Lipinski definition) is 3. The summed E-state index contributed by atoms with van der Waals surface area (Å²) in [6, 6.07) is 12.0. The van der Waals surface area contributed by atoms with Crippen molar-refractivity contribution in [3.63, 3.8) is 0 Å². The molecule has 0 saturated carbocycles. The number of aromatic nitrogens is 2. The Hall–Kier alpha value is -5.06. The molecule has 11 heteroatoms. The lowest BCUT2D eigenvalue weighted by molar-refractivity contribution is -0.189. The Morgan fingerprint density at radius 1 is 0.667 bits per heavy atom. The monoisotopic (exact) mass is 626 g/mol. The number of aryl methyl sites for hydroxylation is 1. The van der Waals surface area contributed by atoms with Crippen molar-refractivity contribution in [3.05, 3.63) is 137 Å². The summed E-state index contributed by atoms with van der Waals surface area (Å²) in [5.41, 5.74) is 0.213. The normalized spacial score (nSPS) is 11.8. The summed E-state index contributed by atoms with van der Waals surface area (Å²) < 4.78 is 118. The zero-order valence-electron chi connectivity index (χ0n) is 23.4. The zero-order valence-corrected chi connectivity index (χ0v) is 23.4. The van der Waals surface area contributed by atoms with Crippen LogP contribution in [0.25, 0.3) is 33.6 Å². The highest BCUT2D eigenvalue weighted by Gasteiger charge is 2.41. The van der Waals surface area contributed by atoms with E-state index < -0.39 is 57.9 Å². The first kappa shape index (κ1) is 31.4. The van der Waals surface area contributed by atoms with Crippen LogP contribution >= 0.6 is 0 Å². The van der Waals surface area contributed by atoms with Crippen LogP contribution in [-0.2, 0) is 12.5 Å². The van der Waals surface area contributed by atoms with Crippen molar-refractivity contribution in [2.24, 2.45) is 0 Å². The van der Waals surface area contributed by atoms with E-state index in [1.54, 1.807) is 36.7 Å². The first-order chi connectivity index (χ1) is 21.5. The van der Waals surface area contributed by atoms with Crippen molar-refractivity contribution in [3.8, 4) is 39.4 Å². The van der Waals surface area contributed by atoms with E-state index in [0.29, 0.717) is 29.1 Å². The summed E-state index contributed by atoms with van der Waals surface area (Å²) >= 11 is 0. The molecule has 3 nitrogen and oxygen atoms in total. The SMILES string of the molecule is C/C=C/CCc1cnc(-c2ccc(-c3ccc(-c4cc(F)c(C(F)(F)Oc5cc(F)c(F)c(F)c5)c(F)c4)c(F)c3)cc2)nc1. The zero-order chi connectivity index (χ0) is 32.3. The van der Waals surface area contributed by atoms with Gasteiger partial charge in [0, 0.05) is 35.7 Å². The van der Waals surface area contributed by atoms with Crippen LogP contribution in [0.15, 0.2) is 91.3 Å². The van der Waals surface area contributed by atoms with E-state index in [1.165, 1.54) is 12.1 Å². The van der Waals surface area contributed by atoms with Gasteiger partial charge in [0.15, 0.2) is 23.3 Å². The Bertz CT molecular complexity index is 1830. The highest BCUT2D eigenvalue weighted by atomic mass is 19.3. The maximum Gasteiger partial charge on any atom is 0.432 e. The van der Waals surface area contributed by atoms with Gasteiger partial charge in [-0.05, 0) is 60.2 Å². The van der Waals surface area contributed by atoms with Crippen molar-refractivity contribution >= 4 is 0 Å². The molecule has 5 aromatic rings. The second-order valence-electron chi connectivity index (χ2n) is 9.93. The van der Waals surface area contributed by atoms with Crippen molar-refractivity contribution in [2.75, 3.05) is 0 Å². The average Bonchev–Trinajstić information content (AvgIpc) is 2.99. The fourth-order valence-electron chi connectivity index (χ4n) is 4.59. The predicted molar refractivity (Wildman–Crippen MR) is 152 cm³/mol. The molecule has 0 fully saturated rings. The van der Waals surface area contributed by atoms with E-state index in [-0.39, 0.29) is 17.7 Å². The summed E-state index contributed by atoms with van der Waals surface area (Å²) in [5.74, 6) is -10.9. The fraction of sp³-hybridized carbons (Fsp3) is 0.118. The van der Waals surface area contributed by atoms with Gasteiger partial charge in [0.1, 0.15) is 28.8 Å². The molecule has 0 spiro atoms. The molecule has 1 aromatic heterocycles. The van der Waals surface area contributed by atoms with Gasteiger partial charge in [0.2, 0.25) is 0 Å². The van der Waals surface area contributed by atoms with Gasteiger partial charge in [-0.2, -0.15) is 8.78 Å². The lowest BCUT2D eigenvalue weighted by atomic mass is 9.97. The molecule has 0 aliphatic heterocycles. The Morgan fingerprint density at radius 2 is 1.22 bits per heavy atom. The third-order valence-electron chi connectivity index (χ3n) is 6.83. The van der Waals surface area contributed by atoms with Gasteiger partial charge in [-0.15, -0.1) is 0 Å². The number of hydrogen-bond donors (Lipinski definition) is 0. The standard InChI is InChI=1S/C34H22F8N2O/c1-2-3-4-5-19-17-43-33(44-18-19)21-8-6-20(7-9-21)22-10-11-25(26(35)12-22)23-13-27(36)31(28(37)14-23)34(41,42)45-24-15-29(38)32(40)30(39)16-24/h2-3,6-18H,4-5H2,1H3/b3-2+. The molecule has 0 saturated heterocycles. The van der Waals surface area contributed by atoms with Crippen LogP contribution in [0, 0.1) is 34.9 Å². The maximum absolute atomic E-state index is 15.2. The Balaban J connectivity index is 1.35. The largest absolute Gasteiger partial charge is 0.432 e. The van der Waals surface area contributed by atoms with E-state index in [1.807, 2.05) is 13.0 Å². The van der Waals surface area contributed by atoms with Gasteiger partial charge < -0.3 is 4.74 Å². The lowest BCUT2D eigenvalue weighted by Gasteiger charge is -2.20. The van der Waals surface area contributed by atoms with Crippen LogP contribution in [-0.4, -0.2) is 9.97 Å². The van der Waals surface area contributed by atoms with Gasteiger partial charge in [-0.25, -0.2) is 36.3 Å². The number of alkyl halides is 2. The second kappa shape index (κ2) is 12.9. The number of ether oxygens (including phenoxy) is 1. The molecule has 4 aromatic carbocycles. The Kier molecular flexibility index (Phi) is 8.99. The van der Waals surface area contributed by atoms with Crippen LogP contribution in [0.3, 0.4) is 0 Å². The van der Waals surface area contributed by atoms with Crippen molar-refractivity contribution < 1.29 is 39.9 Å². The summed E-state index contributed by atoms with van der Waals surface area (Å²) in [6.45, 7) is 1.95. The van der Waals surface area contributed by atoms with Crippen LogP contribution in [0.1, 0.15) is 24.5 Å². The van der Waals surface area contributed by atoms with Crippen molar-refractivity contribution in [1.82, 2.24) is 9.97 Å². The minimum Gasteiger partial charge on any atom is -0.429 e. The number of halogens is 8. The first-order valence-corrected chi connectivity index (χ1v) is 13.5. The number of allylic oxidation sites excluding steroid dienone is 2. The highest BCUT2D eigenvalue weighted by Crippen LogP contribution is 2.38. The number of nitrogens with zero attached hydrogens (tertiary/aromatic N) is 2. The third-order valence-corrected chi connectivity index (χ3v) is 6.83. The fourth-order valence-corrected chi connectivity index (χ4v) is 4.59. The molecule has 0 unspecified atom stereocenters. The van der Waals surface area contributed by atoms with Gasteiger partial charge in [-0.3, -0.25) is 0 Å². The van der Waals surface area contributed by atoms with E-state index in [9.17, 15) is 30.7 Å². The van der Waals surface area contributed by atoms with Gasteiger partial charge in [0.25, 0.3) is 0 Å². The molecule has 0 radical (unpaired) electrons. The first-order valence-electron chi connectivity index (χ1n) is 13.5. The molecule has 0 aliphatic carbocycles. The van der Waals surface area contributed by atoms with Crippen molar-refractivity contribution in [1.29, 1.82) is 0 Å². The van der Waals surface area contributed by atoms with E-state index in [4.69, 9.17) is 0 Å². The lowest BCUT2D eigenvalue weighted by Crippen LogP contribution is -2.25. The molecule has 45 heavy (non-hydrogen) atoms. The smallest absolute Gasteiger partial charge is 0.429 e. The van der Waals surface area contributed by atoms with E-state index >= 15 is 4.39 Å². The maximum atomic E-state index is 15.2. The predicted octanol–water partition coefficient (Wildman–Crippen LogP) is 9.95. The van der Waals surface area contributed by atoms with E-state index in [2.05, 4.69) is 20.8 Å². The molecule has 0 atom stereocenters. The van der Waals surface area contributed by atoms with Gasteiger partial charge in [0.05, 0.1) is 0 Å². The molecule has 5 rings (SSSR count). The molecular weight excluding hydrogens is 604 g/mol. The van der Waals surface area contributed by atoms with Crippen LogP contribution in [0.2, 0.25) is 0 Å². The molecule has 230 valence electrons. The molecule has 0 aliphatic rings. The summed E-state index contributed by atoms with van der Waals surface area (Å²) in [4.78, 5) is 8.80. The summed E-state index contributed by atoms with van der Waals surface area (Å²) in [7, 11) is 0. The molecule has 0 bridgehead atoms. The molecule has 0 N–H and O–H groups in total. The minimum absolute atomic E-state index is 0.0967. The Labute approximate surface area is 252 Å². The summed E-state index contributed by atoms with van der Waals surface area (Å²) in [5, 5.41) is 0. The third kappa shape index (κ3) is 6.87.